The molecular weight excluding hydrogens is 194 g/mol. The normalized spacial score (nSPS) is 17.2. The zero-order chi connectivity index (χ0) is 9.80. The van der Waals surface area contributed by atoms with Gasteiger partial charge in [0.25, 0.3) is 0 Å². The first-order valence-electron chi connectivity index (χ1n) is 5.34. The molecule has 76 valence electrons. The molecule has 0 bridgehead atoms. The molecule has 2 heteroatoms. The van der Waals surface area contributed by atoms with Gasteiger partial charge in [-0.3, -0.25) is 0 Å². The van der Waals surface area contributed by atoms with E-state index in [0.717, 1.165) is 23.2 Å². The summed E-state index contributed by atoms with van der Waals surface area (Å²) >= 11 is 5.90. The molecule has 1 aliphatic carbocycles. The van der Waals surface area contributed by atoms with E-state index >= 15 is 0 Å². The summed E-state index contributed by atoms with van der Waals surface area (Å²) in [6, 6.07) is 7.94. The molecule has 14 heavy (non-hydrogen) atoms. The van der Waals surface area contributed by atoms with Gasteiger partial charge in [0.15, 0.2) is 0 Å². The molecule has 1 N–H and O–H groups in total. The van der Waals surface area contributed by atoms with Crippen LogP contribution in [0.3, 0.4) is 0 Å². The Morgan fingerprint density at radius 3 is 2.79 bits per heavy atom. The number of anilines is 1. The van der Waals surface area contributed by atoms with Crippen LogP contribution in [0, 0.1) is 5.92 Å². The van der Waals surface area contributed by atoms with Crippen molar-refractivity contribution in [2.75, 3.05) is 11.9 Å². The predicted octanol–water partition coefficient (Wildman–Crippen LogP) is 3.94. The second-order valence-electron chi connectivity index (χ2n) is 4.04. The molecule has 1 aromatic carbocycles. The third-order valence-electron chi connectivity index (χ3n) is 2.89. The average molecular weight is 210 g/mol. The van der Waals surface area contributed by atoms with Gasteiger partial charge in [-0.2, -0.15) is 0 Å². The van der Waals surface area contributed by atoms with Crippen molar-refractivity contribution < 1.29 is 0 Å². The van der Waals surface area contributed by atoms with Gasteiger partial charge in [-0.1, -0.05) is 30.5 Å². The molecule has 0 heterocycles. The lowest BCUT2D eigenvalue weighted by Gasteiger charge is -2.11. The molecule has 0 saturated heterocycles. The Balaban J connectivity index is 1.85. The molecule has 0 aliphatic heterocycles. The summed E-state index contributed by atoms with van der Waals surface area (Å²) in [5.41, 5.74) is 1.14. The van der Waals surface area contributed by atoms with Crippen LogP contribution < -0.4 is 5.32 Å². The molecule has 1 fully saturated rings. The molecule has 1 aromatic rings. The molecule has 0 amide bonds. The van der Waals surface area contributed by atoms with Gasteiger partial charge in [0, 0.05) is 17.3 Å². The van der Waals surface area contributed by atoms with Crippen molar-refractivity contribution in [1.29, 1.82) is 0 Å². The molecule has 2 rings (SSSR count). The number of hydrogen-bond acceptors (Lipinski definition) is 1. The standard InChI is InChI=1S/C12H16ClN/c13-11-6-3-7-12(8-11)14-9-10-4-1-2-5-10/h3,6-8,10,14H,1-2,4-5,9H2. The van der Waals surface area contributed by atoms with Gasteiger partial charge in [0.1, 0.15) is 0 Å². The van der Waals surface area contributed by atoms with Crippen molar-refractivity contribution in [3.05, 3.63) is 29.3 Å². The lowest BCUT2D eigenvalue weighted by atomic mass is 10.1. The van der Waals surface area contributed by atoms with Gasteiger partial charge >= 0.3 is 0 Å². The third-order valence-corrected chi connectivity index (χ3v) is 3.13. The first-order valence-corrected chi connectivity index (χ1v) is 5.72. The topological polar surface area (TPSA) is 12.0 Å². The first kappa shape index (κ1) is 9.85. The van der Waals surface area contributed by atoms with Gasteiger partial charge in [-0.25, -0.2) is 0 Å². The van der Waals surface area contributed by atoms with Crippen LogP contribution in [0.15, 0.2) is 24.3 Å². The minimum atomic E-state index is 0.807. The molecule has 0 unspecified atom stereocenters. The molecule has 0 spiro atoms. The largest absolute Gasteiger partial charge is 0.385 e. The number of rotatable bonds is 3. The number of halogens is 1. The SMILES string of the molecule is Clc1cccc(NCC2CCCC2)c1. The summed E-state index contributed by atoms with van der Waals surface area (Å²) in [5, 5.41) is 4.25. The van der Waals surface area contributed by atoms with E-state index in [1.165, 1.54) is 25.7 Å². The Kier molecular flexibility index (Phi) is 3.30. The average Bonchev–Trinajstić information content (AvgIpc) is 2.67. The highest BCUT2D eigenvalue weighted by atomic mass is 35.5. The van der Waals surface area contributed by atoms with Crippen molar-refractivity contribution in [3.8, 4) is 0 Å². The van der Waals surface area contributed by atoms with Crippen LogP contribution in [0.25, 0.3) is 0 Å². The Bertz CT molecular complexity index is 292. The monoisotopic (exact) mass is 209 g/mol. The molecule has 1 aliphatic rings. The van der Waals surface area contributed by atoms with E-state index in [1.807, 2.05) is 18.2 Å². The Labute approximate surface area is 90.5 Å². The fourth-order valence-electron chi connectivity index (χ4n) is 2.08. The maximum absolute atomic E-state index is 5.90. The highest BCUT2D eigenvalue weighted by Gasteiger charge is 2.14. The van der Waals surface area contributed by atoms with Crippen LogP contribution in [0.1, 0.15) is 25.7 Å². The molecule has 0 atom stereocenters. The van der Waals surface area contributed by atoms with Gasteiger partial charge in [0.05, 0.1) is 0 Å². The smallest absolute Gasteiger partial charge is 0.0426 e. The maximum Gasteiger partial charge on any atom is 0.0426 e. The number of hydrogen-bond donors (Lipinski definition) is 1. The fraction of sp³-hybridized carbons (Fsp3) is 0.500. The highest BCUT2D eigenvalue weighted by Crippen LogP contribution is 2.25. The van der Waals surface area contributed by atoms with E-state index in [9.17, 15) is 0 Å². The van der Waals surface area contributed by atoms with Crippen LogP contribution in [-0.4, -0.2) is 6.54 Å². The van der Waals surface area contributed by atoms with Gasteiger partial charge < -0.3 is 5.32 Å². The molecule has 0 radical (unpaired) electrons. The molecule has 0 aromatic heterocycles. The second-order valence-corrected chi connectivity index (χ2v) is 4.48. The van der Waals surface area contributed by atoms with Gasteiger partial charge in [0.2, 0.25) is 0 Å². The minimum absolute atomic E-state index is 0.807. The quantitative estimate of drug-likeness (QED) is 0.795. The van der Waals surface area contributed by atoms with E-state index in [-0.39, 0.29) is 0 Å². The zero-order valence-electron chi connectivity index (χ0n) is 8.30. The molecule has 1 saturated carbocycles. The zero-order valence-corrected chi connectivity index (χ0v) is 9.06. The van der Waals surface area contributed by atoms with E-state index < -0.39 is 0 Å². The van der Waals surface area contributed by atoms with Crippen molar-refractivity contribution in [2.24, 2.45) is 5.92 Å². The Morgan fingerprint density at radius 1 is 1.29 bits per heavy atom. The van der Waals surface area contributed by atoms with Crippen LogP contribution in [0.5, 0.6) is 0 Å². The van der Waals surface area contributed by atoms with Crippen molar-refractivity contribution in [2.45, 2.75) is 25.7 Å². The maximum atomic E-state index is 5.90. The first-order chi connectivity index (χ1) is 6.84. The number of benzene rings is 1. The van der Waals surface area contributed by atoms with Gasteiger partial charge in [-0.15, -0.1) is 0 Å². The van der Waals surface area contributed by atoms with Crippen molar-refractivity contribution >= 4 is 17.3 Å². The van der Waals surface area contributed by atoms with Crippen LogP contribution >= 0.6 is 11.6 Å². The van der Waals surface area contributed by atoms with Crippen LogP contribution in [0.2, 0.25) is 5.02 Å². The highest BCUT2D eigenvalue weighted by molar-refractivity contribution is 6.30. The van der Waals surface area contributed by atoms with E-state index in [0.29, 0.717) is 0 Å². The van der Waals surface area contributed by atoms with E-state index in [2.05, 4.69) is 11.4 Å². The summed E-state index contributed by atoms with van der Waals surface area (Å²) in [6.45, 7) is 1.10. The fourth-order valence-corrected chi connectivity index (χ4v) is 2.27. The minimum Gasteiger partial charge on any atom is -0.385 e. The summed E-state index contributed by atoms with van der Waals surface area (Å²) < 4.78 is 0. The van der Waals surface area contributed by atoms with Crippen molar-refractivity contribution in [1.82, 2.24) is 0 Å². The summed E-state index contributed by atoms with van der Waals surface area (Å²) in [4.78, 5) is 0. The summed E-state index contributed by atoms with van der Waals surface area (Å²) in [5.74, 6) is 0.869. The summed E-state index contributed by atoms with van der Waals surface area (Å²) in [6.07, 6.45) is 5.57. The van der Waals surface area contributed by atoms with E-state index in [4.69, 9.17) is 11.6 Å². The van der Waals surface area contributed by atoms with Gasteiger partial charge in [-0.05, 0) is 37.0 Å². The lowest BCUT2D eigenvalue weighted by Crippen LogP contribution is -2.10. The summed E-state index contributed by atoms with van der Waals surface area (Å²) in [7, 11) is 0. The van der Waals surface area contributed by atoms with Crippen LogP contribution in [-0.2, 0) is 0 Å². The lowest BCUT2D eigenvalue weighted by molar-refractivity contribution is 0.580. The van der Waals surface area contributed by atoms with Crippen molar-refractivity contribution in [3.63, 3.8) is 0 Å². The van der Waals surface area contributed by atoms with E-state index in [1.54, 1.807) is 0 Å². The predicted molar refractivity (Wildman–Crippen MR) is 61.9 cm³/mol. The second kappa shape index (κ2) is 4.70. The Hall–Kier alpha value is -0.690. The molecular formula is C12H16ClN. The molecule has 1 nitrogen and oxygen atoms in total. The third kappa shape index (κ3) is 2.65. The van der Waals surface area contributed by atoms with Crippen LogP contribution in [0.4, 0.5) is 5.69 Å². The number of nitrogens with one attached hydrogen (secondary N) is 1. The Morgan fingerprint density at radius 2 is 2.07 bits per heavy atom.